The molecule has 1 aromatic heterocycles. The number of ether oxygens (including phenoxy) is 1. The Labute approximate surface area is 224 Å². The van der Waals surface area contributed by atoms with Crippen LogP contribution in [-0.2, 0) is 9.53 Å². The number of para-hydroxylation sites is 2. The lowest BCUT2D eigenvalue weighted by atomic mass is 9.68. The van der Waals surface area contributed by atoms with E-state index in [0.29, 0.717) is 23.6 Å². The molecule has 2 aliphatic carbocycles. The van der Waals surface area contributed by atoms with Crippen molar-refractivity contribution in [3.8, 4) is 0 Å². The first-order valence-corrected chi connectivity index (χ1v) is 15.0. The van der Waals surface area contributed by atoms with Gasteiger partial charge in [0.2, 0.25) is 0 Å². The predicted molar refractivity (Wildman–Crippen MR) is 146 cm³/mol. The summed E-state index contributed by atoms with van der Waals surface area (Å²) in [4.78, 5) is 46.2. The number of hydrogen-bond donors (Lipinski definition) is 0. The highest BCUT2D eigenvalue weighted by molar-refractivity contribution is 5.97. The van der Waals surface area contributed by atoms with Crippen LogP contribution in [0.1, 0.15) is 107 Å². The van der Waals surface area contributed by atoms with E-state index < -0.39 is 5.97 Å². The third-order valence-electron chi connectivity index (χ3n) is 9.82. The van der Waals surface area contributed by atoms with E-state index in [-0.39, 0.29) is 42.5 Å². The van der Waals surface area contributed by atoms with E-state index in [4.69, 9.17) is 4.74 Å². The SMILES string of the molecule is CCOC(=O)CCC(=O)c1nc2ccccc2n(C2CC3CCCC(C2)N3C2CC3CCCC(C3)C2)c1=O. The maximum Gasteiger partial charge on any atom is 0.306 e. The molecule has 3 heterocycles. The van der Waals surface area contributed by atoms with Crippen LogP contribution < -0.4 is 5.56 Å². The van der Waals surface area contributed by atoms with Crippen molar-refractivity contribution in [1.82, 2.24) is 14.5 Å². The fraction of sp³-hybridized carbons (Fsp3) is 0.677. The van der Waals surface area contributed by atoms with E-state index in [9.17, 15) is 14.4 Å². The van der Waals surface area contributed by atoms with Crippen molar-refractivity contribution < 1.29 is 14.3 Å². The number of carbonyl (C=O) groups excluding carboxylic acids is 2. The quantitative estimate of drug-likeness (QED) is 0.357. The number of benzene rings is 1. The molecule has 4 fully saturated rings. The molecule has 2 aromatic rings. The highest BCUT2D eigenvalue weighted by atomic mass is 16.5. The number of hydrogen-bond acceptors (Lipinski definition) is 6. The summed E-state index contributed by atoms with van der Waals surface area (Å²) in [5.74, 6) is 1.00. The zero-order valence-electron chi connectivity index (χ0n) is 22.6. The summed E-state index contributed by atoms with van der Waals surface area (Å²) >= 11 is 0. The van der Waals surface area contributed by atoms with Crippen LogP contribution in [0.5, 0.6) is 0 Å². The van der Waals surface area contributed by atoms with E-state index in [1.54, 1.807) is 6.92 Å². The first kappa shape index (κ1) is 25.7. The second-order valence-electron chi connectivity index (χ2n) is 12.2. The lowest BCUT2D eigenvalue weighted by Gasteiger charge is -2.55. The van der Waals surface area contributed by atoms with Gasteiger partial charge in [-0.3, -0.25) is 19.3 Å². The number of fused-ring (bicyclic) bond motifs is 5. The fourth-order valence-corrected chi connectivity index (χ4v) is 8.40. The molecule has 0 spiro atoms. The van der Waals surface area contributed by atoms with Gasteiger partial charge in [-0.05, 0) is 75.8 Å². The molecule has 4 unspecified atom stereocenters. The Kier molecular flexibility index (Phi) is 7.39. The monoisotopic (exact) mass is 519 g/mol. The summed E-state index contributed by atoms with van der Waals surface area (Å²) in [6, 6.07) is 9.43. The molecule has 4 atom stereocenters. The number of carbonyl (C=O) groups is 2. The minimum absolute atomic E-state index is 0.0352. The van der Waals surface area contributed by atoms with E-state index >= 15 is 0 Å². The minimum atomic E-state index is -0.422. The van der Waals surface area contributed by atoms with Gasteiger partial charge >= 0.3 is 5.97 Å². The van der Waals surface area contributed by atoms with Crippen LogP contribution in [-0.4, -0.2) is 50.9 Å². The maximum atomic E-state index is 13.9. The molecule has 6 rings (SSSR count). The molecule has 0 radical (unpaired) electrons. The molecule has 1 aromatic carbocycles. The number of nitrogens with zero attached hydrogens (tertiary/aromatic N) is 3. The van der Waals surface area contributed by atoms with Crippen molar-refractivity contribution in [3.63, 3.8) is 0 Å². The average molecular weight is 520 g/mol. The van der Waals surface area contributed by atoms with Crippen LogP contribution in [0.4, 0.5) is 0 Å². The van der Waals surface area contributed by atoms with Crippen molar-refractivity contribution in [2.45, 2.75) is 115 Å². The van der Waals surface area contributed by atoms with Crippen molar-refractivity contribution in [2.24, 2.45) is 11.8 Å². The fourth-order valence-electron chi connectivity index (χ4n) is 8.40. The molecule has 0 amide bonds. The molecular formula is C31H41N3O4. The van der Waals surface area contributed by atoms with E-state index in [1.165, 1.54) is 57.8 Å². The zero-order chi connectivity index (χ0) is 26.2. The van der Waals surface area contributed by atoms with Gasteiger partial charge in [0.25, 0.3) is 5.56 Å². The van der Waals surface area contributed by atoms with Gasteiger partial charge < -0.3 is 9.30 Å². The summed E-state index contributed by atoms with van der Waals surface area (Å²) in [7, 11) is 0. The second-order valence-corrected chi connectivity index (χ2v) is 12.2. The molecule has 7 nitrogen and oxygen atoms in total. The molecule has 4 bridgehead atoms. The zero-order valence-corrected chi connectivity index (χ0v) is 22.6. The maximum absolute atomic E-state index is 13.9. The highest BCUT2D eigenvalue weighted by Gasteiger charge is 2.45. The van der Waals surface area contributed by atoms with E-state index in [2.05, 4.69) is 9.88 Å². The van der Waals surface area contributed by atoms with Crippen molar-refractivity contribution in [1.29, 1.82) is 0 Å². The first-order chi connectivity index (χ1) is 18.5. The Morgan fingerprint density at radius 3 is 2.26 bits per heavy atom. The molecular weight excluding hydrogens is 478 g/mol. The number of piperidine rings is 2. The molecule has 2 saturated heterocycles. The van der Waals surface area contributed by atoms with Crippen LogP contribution in [0.15, 0.2) is 29.1 Å². The van der Waals surface area contributed by atoms with E-state index in [0.717, 1.165) is 30.2 Å². The smallest absolute Gasteiger partial charge is 0.306 e. The van der Waals surface area contributed by atoms with Gasteiger partial charge in [-0.2, -0.15) is 0 Å². The van der Waals surface area contributed by atoms with Crippen molar-refractivity contribution in [2.75, 3.05) is 6.61 Å². The summed E-state index contributed by atoms with van der Waals surface area (Å²) in [6.45, 7) is 2.02. The molecule has 2 saturated carbocycles. The Balaban J connectivity index is 1.29. The van der Waals surface area contributed by atoms with Crippen LogP contribution in [0, 0.1) is 11.8 Å². The van der Waals surface area contributed by atoms with Gasteiger partial charge in [-0.15, -0.1) is 0 Å². The molecule has 38 heavy (non-hydrogen) atoms. The Morgan fingerprint density at radius 1 is 0.868 bits per heavy atom. The third kappa shape index (κ3) is 4.94. The average Bonchev–Trinajstić information content (AvgIpc) is 2.90. The third-order valence-corrected chi connectivity index (χ3v) is 9.82. The Morgan fingerprint density at radius 2 is 1.55 bits per heavy atom. The normalized spacial score (nSPS) is 31.2. The lowest BCUT2D eigenvalue weighted by Crippen LogP contribution is -2.58. The number of Topliss-reactive ketones (excluding diaryl/α,β-unsaturated/α-hetero) is 1. The molecule has 0 N–H and O–H groups in total. The van der Waals surface area contributed by atoms with Gasteiger partial charge in [0.15, 0.2) is 11.5 Å². The van der Waals surface area contributed by atoms with Gasteiger partial charge in [0.05, 0.1) is 24.1 Å². The van der Waals surface area contributed by atoms with E-state index in [1.807, 2.05) is 28.8 Å². The van der Waals surface area contributed by atoms with Gasteiger partial charge in [-0.1, -0.05) is 37.8 Å². The van der Waals surface area contributed by atoms with Crippen molar-refractivity contribution >= 4 is 22.8 Å². The van der Waals surface area contributed by atoms with Crippen LogP contribution in [0.25, 0.3) is 11.0 Å². The highest BCUT2D eigenvalue weighted by Crippen LogP contribution is 2.47. The predicted octanol–water partition coefficient (Wildman–Crippen LogP) is 5.45. The van der Waals surface area contributed by atoms with Gasteiger partial charge in [0.1, 0.15) is 0 Å². The Hall–Kier alpha value is -2.54. The first-order valence-electron chi connectivity index (χ1n) is 15.0. The number of rotatable bonds is 7. The van der Waals surface area contributed by atoms with Crippen LogP contribution >= 0.6 is 0 Å². The largest absolute Gasteiger partial charge is 0.466 e. The molecule has 4 aliphatic rings. The molecule has 204 valence electrons. The standard InChI is InChI=1S/C31H41N3O4/c1-2-38-29(36)14-13-28(35)30-31(37)34(27-12-4-3-11-26(27)32-30)25-18-22-9-6-10-23(19-25)33(22)24-16-20-7-5-8-21(15-20)17-24/h3-4,11-12,20-25H,2,5-10,13-19H2,1H3. The van der Waals surface area contributed by atoms with Crippen LogP contribution in [0.2, 0.25) is 0 Å². The minimum Gasteiger partial charge on any atom is -0.466 e. The molecule has 2 aliphatic heterocycles. The number of esters is 1. The summed E-state index contributed by atoms with van der Waals surface area (Å²) < 4.78 is 6.86. The Bertz CT molecular complexity index is 1230. The topological polar surface area (TPSA) is 81.5 Å². The van der Waals surface area contributed by atoms with Crippen LogP contribution in [0.3, 0.4) is 0 Å². The summed E-state index contributed by atoms with van der Waals surface area (Å²) in [5.41, 5.74) is 1.13. The summed E-state index contributed by atoms with van der Waals surface area (Å²) in [6.07, 6.45) is 13.8. The molecule has 7 heteroatoms. The second kappa shape index (κ2) is 10.9. The number of aromatic nitrogens is 2. The lowest BCUT2D eigenvalue weighted by molar-refractivity contribution is -0.143. The van der Waals surface area contributed by atoms with Gasteiger partial charge in [0, 0.05) is 30.6 Å². The summed E-state index contributed by atoms with van der Waals surface area (Å²) in [5, 5.41) is 0. The number of ketones is 1. The van der Waals surface area contributed by atoms with Gasteiger partial charge in [-0.25, -0.2) is 4.98 Å². The van der Waals surface area contributed by atoms with Crippen molar-refractivity contribution in [3.05, 3.63) is 40.3 Å².